The largest absolute Gasteiger partial charge is 0.494 e. The fraction of sp³-hybridized carbons (Fsp3) is 0.650. The average molecular weight is 426 g/mol. The Morgan fingerprint density at radius 2 is 1.93 bits per heavy atom. The van der Waals surface area contributed by atoms with Gasteiger partial charge in [-0.05, 0) is 44.0 Å². The van der Waals surface area contributed by atoms with E-state index in [0.717, 1.165) is 32.8 Å². The van der Waals surface area contributed by atoms with E-state index in [4.69, 9.17) is 9.47 Å². The first-order valence-electron chi connectivity index (χ1n) is 10.3. The highest BCUT2D eigenvalue weighted by Crippen LogP contribution is 2.25. The standard InChI is InChI=1S/C20H31N3O5S/c1-2-28-18-5-7-19(8-6-18)29(25,26)23-10-3-4-17(16-23)20(24)21-9-11-22-12-14-27-15-13-22/h5-8,17H,2-4,9-16H2,1H3,(H,21,24)/t17-/m0/s1. The van der Waals surface area contributed by atoms with E-state index < -0.39 is 10.0 Å². The van der Waals surface area contributed by atoms with Crippen molar-refractivity contribution in [3.05, 3.63) is 24.3 Å². The summed E-state index contributed by atoms with van der Waals surface area (Å²) in [4.78, 5) is 15.1. The molecule has 162 valence electrons. The number of amides is 1. The van der Waals surface area contributed by atoms with Crippen LogP contribution >= 0.6 is 0 Å². The Bertz CT molecular complexity index is 763. The van der Waals surface area contributed by atoms with Gasteiger partial charge in [-0.1, -0.05) is 0 Å². The molecule has 2 aliphatic rings. The maximum absolute atomic E-state index is 13.0. The van der Waals surface area contributed by atoms with Crippen molar-refractivity contribution < 1.29 is 22.7 Å². The molecule has 9 heteroatoms. The Balaban J connectivity index is 1.53. The van der Waals surface area contributed by atoms with Crippen molar-refractivity contribution >= 4 is 15.9 Å². The number of sulfonamides is 1. The molecular weight excluding hydrogens is 394 g/mol. The van der Waals surface area contributed by atoms with E-state index in [0.29, 0.717) is 38.3 Å². The van der Waals surface area contributed by atoms with Gasteiger partial charge in [-0.2, -0.15) is 4.31 Å². The number of nitrogens with one attached hydrogen (secondary N) is 1. The molecule has 1 atom stereocenters. The van der Waals surface area contributed by atoms with Crippen LogP contribution in [0.4, 0.5) is 0 Å². The van der Waals surface area contributed by atoms with Gasteiger partial charge in [0.2, 0.25) is 15.9 Å². The minimum atomic E-state index is -3.62. The van der Waals surface area contributed by atoms with Crippen molar-refractivity contribution in [3.63, 3.8) is 0 Å². The van der Waals surface area contributed by atoms with Crippen LogP contribution in [0, 0.1) is 5.92 Å². The smallest absolute Gasteiger partial charge is 0.243 e. The van der Waals surface area contributed by atoms with Crippen molar-refractivity contribution in [2.45, 2.75) is 24.7 Å². The Morgan fingerprint density at radius 1 is 1.21 bits per heavy atom. The number of rotatable bonds is 8. The van der Waals surface area contributed by atoms with Gasteiger partial charge in [0.25, 0.3) is 0 Å². The number of benzene rings is 1. The molecule has 0 spiro atoms. The van der Waals surface area contributed by atoms with E-state index in [1.54, 1.807) is 24.3 Å². The normalized spacial score (nSPS) is 21.6. The zero-order valence-electron chi connectivity index (χ0n) is 17.0. The fourth-order valence-electron chi connectivity index (χ4n) is 3.70. The molecule has 29 heavy (non-hydrogen) atoms. The van der Waals surface area contributed by atoms with Crippen molar-refractivity contribution in [1.29, 1.82) is 0 Å². The number of ether oxygens (including phenoxy) is 2. The highest BCUT2D eigenvalue weighted by molar-refractivity contribution is 7.89. The van der Waals surface area contributed by atoms with Crippen molar-refractivity contribution in [2.75, 3.05) is 59.1 Å². The zero-order valence-corrected chi connectivity index (χ0v) is 17.8. The first kappa shape index (κ1) is 22.0. The highest BCUT2D eigenvalue weighted by atomic mass is 32.2. The molecular formula is C20H31N3O5S. The quantitative estimate of drug-likeness (QED) is 0.667. The predicted octanol–water partition coefficient (Wildman–Crippen LogP) is 0.934. The molecule has 0 unspecified atom stereocenters. The molecule has 1 amide bonds. The van der Waals surface area contributed by atoms with E-state index >= 15 is 0 Å². The number of carbonyl (C=O) groups excluding carboxylic acids is 1. The number of piperidine rings is 1. The molecule has 1 aromatic carbocycles. The van der Waals surface area contributed by atoms with E-state index in [-0.39, 0.29) is 23.3 Å². The Kier molecular flexibility index (Phi) is 7.88. The molecule has 3 rings (SSSR count). The minimum absolute atomic E-state index is 0.0650. The summed E-state index contributed by atoms with van der Waals surface area (Å²) in [7, 11) is -3.62. The van der Waals surface area contributed by atoms with Crippen LogP contribution in [-0.2, 0) is 19.6 Å². The molecule has 8 nitrogen and oxygen atoms in total. The molecule has 2 aliphatic heterocycles. The summed E-state index contributed by atoms with van der Waals surface area (Å²) in [6.45, 7) is 7.65. The van der Waals surface area contributed by atoms with E-state index in [1.165, 1.54) is 4.31 Å². The molecule has 0 aliphatic carbocycles. The lowest BCUT2D eigenvalue weighted by Crippen LogP contribution is -2.47. The zero-order chi connectivity index (χ0) is 20.7. The summed E-state index contributed by atoms with van der Waals surface area (Å²) in [6, 6.07) is 6.45. The molecule has 1 N–H and O–H groups in total. The summed E-state index contributed by atoms with van der Waals surface area (Å²) in [5.74, 6) is 0.262. The van der Waals surface area contributed by atoms with Crippen LogP contribution in [0.3, 0.4) is 0 Å². The lowest BCUT2D eigenvalue weighted by atomic mass is 9.99. The van der Waals surface area contributed by atoms with Crippen LogP contribution in [-0.4, -0.2) is 82.6 Å². The second-order valence-corrected chi connectivity index (χ2v) is 9.29. The van der Waals surface area contributed by atoms with Crippen LogP contribution in [0.5, 0.6) is 5.75 Å². The second kappa shape index (κ2) is 10.4. The van der Waals surface area contributed by atoms with Crippen LogP contribution in [0.2, 0.25) is 0 Å². The first-order chi connectivity index (χ1) is 14.0. The summed E-state index contributed by atoms with van der Waals surface area (Å²) in [6.07, 6.45) is 1.39. The van der Waals surface area contributed by atoms with Crippen molar-refractivity contribution in [3.8, 4) is 5.75 Å². The van der Waals surface area contributed by atoms with Crippen molar-refractivity contribution in [1.82, 2.24) is 14.5 Å². The summed E-state index contributed by atoms with van der Waals surface area (Å²) >= 11 is 0. The molecule has 2 heterocycles. The first-order valence-corrected chi connectivity index (χ1v) is 11.8. The molecule has 0 radical (unpaired) electrons. The fourth-order valence-corrected chi connectivity index (χ4v) is 5.23. The molecule has 1 aromatic rings. The van der Waals surface area contributed by atoms with Crippen LogP contribution in [0.25, 0.3) is 0 Å². The van der Waals surface area contributed by atoms with Crippen LogP contribution < -0.4 is 10.1 Å². The van der Waals surface area contributed by atoms with Gasteiger partial charge in [-0.15, -0.1) is 0 Å². The number of carbonyl (C=O) groups is 1. The van der Waals surface area contributed by atoms with Crippen molar-refractivity contribution in [2.24, 2.45) is 5.92 Å². The lowest BCUT2D eigenvalue weighted by Gasteiger charge is -2.31. The Hall–Kier alpha value is -1.68. The number of hydrogen-bond acceptors (Lipinski definition) is 6. The van der Waals surface area contributed by atoms with E-state index in [2.05, 4.69) is 10.2 Å². The monoisotopic (exact) mass is 425 g/mol. The van der Waals surface area contributed by atoms with Gasteiger partial charge >= 0.3 is 0 Å². The van der Waals surface area contributed by atoms with Gasteiger partial charge in [0.15, 0.2) is 0 Å². The third-order valence-corrected chi connectivity index (χ3v) is 7.24. The lowest BCUT2D eigenvalue weighted by molar-refractivity contribution is -0.126. The van der Waals surface area contributed by atoms with Gasteiger partial charge in [0, 0.05) is 39.3 Å². The Morgan fingerprint density at radius 3 is 2.62 bits per heavy atom. The number of hydrogen-bond donors (Lipinski definition) is 1. The topological polar surface area (TPSA) is 88.2 Å². The molecule has 0 saturated carbocycles. The second-order valence-electron chi connectivity index (χ2n) is 7.35. The third kappa shape index (κ3) is 5.91. The van der Waals surface area contributed by atoms with Gasteiger partial charge in [0.05, 0.1) is 30.6 Å². The highest BCUT2D eigenvalue weighted by Gasteiger charge is 2.33. The summed E-state index contributed by atoms with van der Waals surface area (Å²) < 4.78 is 38.1. The van der Waals surface area contributed by atoms with Crippen LogP contribution in [0.1, 0.15) is 19.8 Å². The van der Waals surface area contributed by atoms with Gasteiger partial charge in [-0.25, -0.2) is 8.42 Å². The molecule has 0 bridgehead atoms. The number of nitrogens with zero attached hydrogens (tertiary/aromatic N) is 2. The third-order valence-electron chi connectivity index (χ3n) is 5.36. The summed E-state index contributed by atoms with van der Waals surface area (Å²) in [5, 5.41) is 2.97. The molecule has 0 aromatic heterocycles. The SMILES string of the molecule is CCOc1ccc(S(=O)(=O)N2CCC[C@H](C(=O)NCCN3CCOCC3)C2)cc1. The van der Waals surface area contributed by atoms with Gasteiger partial charge in [-0.3, -0.25) is 9.69 Å². The maximum atomic E-state index is 13.0. The Labute approximate surface area is 173 Å². The average Bonchev–Trinajstić information content (AvgIpc) is 2.75. The minimum Gasteiger partial charge on any atom is -0.494 e. The number of morpholine rings is 1. The maximum Gasteiger partial charge on any atom is 0.243 e. The van der Waals surface area contributed by atoms with Crippen LogP contribution in [0.15, 0.2) is 29.2 Å². The van der Waals surface area contributed by atoms with E-state index in [1.807, 2.05) is 6.92 Å². The van der Waals surface area contributed by atoms with E-state index in [9.17, 15) is 13.2 Å². The van der Waals surface area contributed by atoms with Gasteiger partial charge < -0.3 is 14.8 Å². The molecule has 2 fully saturated rings. The molecule has 2 saturated heterocycles. The summed E-state index contributed by atoms with van der Waals surface area (Å²) in [5.41, 5.74) is 0. The van der Waals surface area contributed by atoms with Gasteiger partial charge in [0.1, 0.15) is 5.75 Å². The predicted molar refractivity (Wildman–Crippen MR) is 109 cm³/mol.